The summed E-state index contributed by atoms with van der Waals surface area (Å²) >= 11 is 5.88. The fourth-order valence-electron chi connectivity index (χ4n) is 2.61. The van der Waals surface area contributed by atoms with Gasteiger partial charge in [0.05, 0.1) is 27.9 Å². The van der Waals surface area contributed by atoms with Crippen molar-refractivity contribution in [1.29, 1.82) is 5.26 Å². The van der Waals surface area contributed by atoms with E-state index in [0.717, 1.165) is 5.69 Å². The molecule has 0 amide bonds. The molecule has 0 saturated heterocycles. The minimum absolute atomic E-state index is 0.209. The van der Waals surface area contributed by atoms with E-state index in [4.69, 9.17) is 11.6 Å². The number of nitriles is 1. The Bertz CT molecular complexity index is 1090. The van der Waals surface area contributed by atoms with E-state index in [9.17, 15) is 23.2 Å². The fraction of sp³-hybridized carbons (Fsp3) is 0.158. The van der Waals surface area contributed by atoms with Gasteiger partial charge in [-0.1, -0.05) is 17.7 Å². The number of benzene rings is 1. The van der Waals surface area contributed by atoms with Gasteiger partial charge < -0.3 is 0 Å². The third-order valence-electron chi connectivity index (χ3n) is 3.97. The molecule has 0 saturated carbocycles. The molecule has 1 aromatic carbocycles. The van der Waals surface area contributed by atoms with E-state index in [1.807, 2.05) is 6.92 Å². The van der Waals surface area contributed by atoms with Crippen LogP contribution in [0.4, 0.5) is 13.2 Å². The first-order valence-corrected chi connectivity index (χ1v) is 8.12. The molecule has 1 unspecified atom stereocenters. The van der Waals surface area contributed by atoms with Crippen molar-refractivity contribution in [3.63, 3.8) is 0 Å². The van der Waals surface area contributed by atoms with Gasteiger partial charge in [-0.25, -0.2) is 0 Å². The Morgan fingerprint density at radius 2 is 1.96 bits per heavy atom. The zero-order valence-electron chi connectivity index (χ0n) is 13.9. The number of ketones is 1. The molecule has 27 heavy (non-hydrogen) atoms. The SMILES string of the molecule is Cc1ccc2cc(C(=O)C(C#N)c3ncc(C(F)(F)F)cc3Cl)ccc2n1. The largest absolute Gasteiger partial charge is 0.417 e. The Balaban J connectivity index is 2.00. The van der Waals surface area contributed by atoms with Crippen LogP contribution in [0.3, 0.4) is 0 Å². The molecular weight excluding hydrogens is 379 g/mol. The molecule has 0 aliphatic carbocycles. The molecule has 2 aromatic heterocycles. The third kappa shape index (κ3) is 3.76. The number of rotatable bonds is 3. The summed E-state index contributed by atoms with van der Waals surface area (Å²) in [7, 11) is 0. The van der Waals surface area contributed by atoms with Gasteiger partial charge >= 0.3 is 6.18 Å². The third-order valence-corrected chi connectivity index (χ3v) is 4.28. The number of fused-ring (bicyclic) bond motifs is 1. The van der Waals surface area contributed by atoms with Crippen molar-refractivity contribution in [2.75, 3.05) is 0 Å². The average molecular weight is 390 g/mol. The number of carbonyl (C=O) groups excluding carboxylic acids is 1. The molecule has 3 rings (SSSR count). The van der Waals surface area contributed by atoms with E-state index in [1.165, 1.54) is 6.07 Å². The van der Waals surface area contributed by atoms with Crippen LogP contribution in [0.1, 0.15) is 33.2 Å². The number of pyridine rings is 2. The highest BCUT2D eigenvalue weighted by atomic mass is 35.5. The van der Waals surface area contributed by atoms with Gasteiger partial charge in [-0.05, 0) is 37.3 Å². The molecule has 0 N–H and O–H groups in total. The van der Waals surface area contributed by atoms with Gasteiger partial charge in [0.2, 0.25) is 0 Å². The van der Waals surface area contributed by atoms with Crippen molar-refractivity contribution in [3.8, 4) is 6.07 Å². The summed E-state index contributed by atoms with van der Waals surface area (Å²) in [6.07, 6.45) is -4.06. The first-order valence-electron chi connectivity index (χ1n) is 7.74. The highest BCUT2D eigenvalue weighted by Crippen LogP contribution is 2.33. The summed E-state index contributed by atoms with van der Waals surface area (Å²) < 4.78 is 38.2. The van der Waals surface area contributed by atoms with Crippen molar-refractivity contribution in [2.45, 2.75) is 19.0 Å². The Hall–Kier alpha value is -2.98. The van der Waals surface area contributed by atoms with Crippen LogP contribution in [0.2, 0.25) is 5.02 Å². The lowest BCUT2D eigenvalue weighted by molar-refractivity contribution is -0.137. The van der Waals surface area contributed by atoms with Gasteiger partial charge in [-0.15, -0.1) is 0 Å². The maximum atomic E-state index is 12.8. The molecular formula is C19H11ClF3N3O. The number of aryl methyl sites for hydroxylation is 1. The first kappa shape index (κ1) is 18.8. The standard InChI is InChI=1S/C19H11ClF3N3O/c1-10-2-3-11-6-12(4-5-16(11)26-10)18(27)14(8-24)17-15(20)7-13(9-25-17)19(21,22)23/h2-7,9,14H,1H3. The van der Waals surface area contributed by atoms with Crippen molar-refractivity contribution in [2.24, 2.45) is 0 Å². The topological polar surface area (TPSA) is 66.6 Å². The highest BCUT2D eigenvalue weighted by Gasteiger charge is 2.33. The lowest BCUT2D eigenvalue weighted by atomic mass is 9.94. The molecule has 2 heterocycles. The normalized spacial score (nSPS) is 12.6. The second-order valence-electron chi connectivity index (χ2n) is 5.88. The van der Waals surface area contributed by atoms with Crippen molar-refractivity contribution >= 4 is 28.3 Å². The first-order chi connectivity index (χ1) is 12.7. The maximum absolute atomic E-state index is 12.8. The summed E-state index contributed by atoms with van der Waals surface area (Å²) in [6, 6.07) is 10.7. The molecule has 1 atom stereocenters. The maximum Gasteiger partial charge on any atom is 0.417 e. The van der Waals surface area contributed by atoms with Crippen LogP contribution in [0, 0.1) is 18.3 Å². The van der Waals surface area contributed by atoms with E-state index < -0.39 is 23.4 Å². The van der Waals surface area contributed by atoms with Crippen molar-refractivity contribution in [1.82, 2.24) is 9.97 Å². The average Bonchev–Trinajstić information content (AvgIpc) is 2.62. The number of nitrogens with zero attached hydrogens (tertiary/aromatic N) is 3. The number of carbonyl (C=O) groups is 1. The van der Waals surface area contributed by atoms with Crippen LogP contribution in [-0.2, 0) is 6.18 Å². The molecule has 0 spiro atoms. The van der Waals surface area contributed by atoms with Gasteiger partial charge in [0, 0.05) is 22.8 Å². The highest BCUT2D eigenvalue weighted by molar-refractivity contribution is 6.31. The Kier molecular flexibility index (Phi) is 4.85. The number of hydrogen-bond acceptors (Lipinski definition) is 4. The van der Waals surface area contributed by atoms with Gasteiger partial charge in [0.15, 0.2) is 11.7 Å². The lowest BCUT2D eigenvalue weighted by Gasteiger charge is -2.12. The Labute approximate surface area is 157 Å². The molecule has 0 radical (unpaired) electrons. The van der Waals surface area contributed by atoms with E-state index in [1.54, 1.807) is 30.3 Å². The number of alkyl halides is 3. The van der Waals surface area contributed by atoms with Crippen LogP contribution in [0.15, 0.2) is 42.6 Å². The molecule has 136 valence electrons. The second kappa shape index (κ2) is 6.97. The molecule has 4 nitrogen and oxygen atoms in total. The summed E-state index contributed by atoms with van der Waals surface area (Å²) in [4.78, 5) is 20.7. The molecule has 8 heteroatoms. The summed E-state index contributed by atoms with van der Waals surface area (Å²) in [5.74, 6) is -2.02. The lowest BCUT2D eigenvalue weighted by Crippen LogP contribution is -2.15. The van der Waals surface area contributed by atoms with Crippen molar-refractivity contribution < 1.29 is 18.0 Å². The minimum Gasteiger partial charge on any atom is -0.292 e. The summed E-state index contributed by atoms with van der Waals surface area (Å²) in [5.41, 5.74) is 0.465. The summed E-state index contributed by atoms with van der Waals surface area (Å²) in [5, 5.41) is 9.73. The predicted octanol–water partition coefficient (Wildman–Crippen LogP) is 5.10. The van der Waals surface area contributed by atoms with Crippen LogP contribution in [0.25, 0.3) is 10.9 Å². The zero-order valence-corrected chi connectivity index (χ0v) is 14.6. The summed E-state index contributed by atoms with van der Waals surface area (Å²) in [6.45, 7) is 1.84. The van der Waals surface area contributed by atoms with E-state index >= 15 is 0 Å². The molecule has 0 fully saturated rings. The molecule has 0 aliphatic heterocycles. The second-order valence-corrected chi connectivity index (χ2v) is 6.28. The monoisotopic (exact) mass is 389 g/mol. The molecule has 3 aromatic rings. The van der Waals surface area contributed by atoms with Crippen molar-refractivity contribution in [3.05, 3.63) is 70.1 Å². The van der Waals surface area contributed by atoms with Gasteiger partial charge in [0.1, 0.15) is 0 Å². The van der Waals surface area contributed by atoms with Crippen LogP contribution >= 0.6 is 11.6 Å². The smallest absolute Gasteiger partial charge is 0.292 e. The van der Waals surface area contributed by atoms with Gasteiger partial charge in [-0.3, -0.25) is 14.8 Å². The zero-order chi connectivity index (χ0) is 19.8. The Morgan fingerprint density at radius 1 is 1.22 bits per heavy atom. The number of Topliss-reactive ketones (excluding diaryl/α,β-unsaturated/α-hetero) is 1. The van der Waals surface area contributed by atoms with Crippen LogP contribution < -0.4 is 0 Å². The number of halogens is 4. The number of hydrogen-bond donors (Lipinski definition) is 0. The van der Waals surface area contributed by atoms with E-state index in [0.29, 0.717) is 23.2 Å². The number of aromatic nitrogens is 2. The Morgan fingerprint density at radius 3 is 2.59 bits per heavy atom. The minimum atomic E-state index is -4.62. The van der Waals surface area contributed by atoms with Gasteiger partial charge in [0.25, 0.3) is 0 Å². The van der Waals surface area contributed by atoms with Crippen LogP contribution in [-0.4, -0.2) is 15.8 Å². The van der Waals surface area contributed by atoms with Crippen LogP contribution in [0.5, 0.6) is 0 Å². The molecule has 0 aliphatic rings. The predicted molar refractivity (Wildman–Crippen MR) is 93.4 cm³/mol. The quantitative estimate of drug-likeness (QED) is 0.584. The molecule has 0 bridgehead atoms. The van der Waals surface area contributed by atoms with E-state index in [2.05, 4.69) is 9.97 Å². The van der Waals surface area contributed by atoms with Gasteiger partial charge in [-0.2, -0.15) is 18.4 Å². The fourth-order valence-corrected chi connectivity index (χ4v) is 2.88. The van der Waals surface area contributed by atoms with E-state index in [-0.39, 0.29) is 16.3 Å².